The van der Waals surface area contributed by atoms with Crippen molar-refractivity contribution in [1.29, 1.82) is 0 Å². The van der Waals surface area contributed by atoms with Gasteiger partial charge in [-0.1, -0.05) is 12.1 Å². The molecule has 0 radical (unpaired) electrons. The lowest BCUT2D eigenvalue weighted by Crippen LogP contribution is -2.42. The Morgan fingerprint density at radius 2 is 2.06 bits per heavy atom. The maximum atomic E-state index is 11.5. The van der Waals surface area contributed by atoms with Crippen LogP contribution in [-0.2, 0) is 0 Å². The van der Waals surface area contributed by atoms with E-state index in [0.29, 0.717) is 11.3 Å². The number of carbonyl (C=O) groups is 1. The summed E-state index contributed by atoms with van der Waals surface area (Å²) in [6, 6.07) is 6.84. The highest BCUT2D eigenvalue weighted by Gasteiger charge is 2.15. The van der Waals surface area contributed by atoms with Gasteiger partial charge in [-0.2, -0.15) is 0 Å². The molecule has 0 aliphatic heterocycles. The van der Waals surface area contributed by atoms with Gasteiger partial charge in [0.1, 0.15) is 5.75 Å². The van der Waals surface area contributed by atoms with Gasteiger partial charge in [-0.25, -0.2) is 4.79 Å². The van der Waals surface area contributed by atoms with E-state index in [0.717, 1.165) is 0 Å². The van der Waals surface area contributed by atoms with Crippen molar-refractivity contribution in [3.8, 4) is 5.75 Å². The van der Waals surface area contributed by atoms with Gasteiger partial charge in [-0.05, 0) is 45.4 Å². The predicted octanol–water partition coefficient (Wildman–Crippen LogP) is 2.63. The van der Waals surface area contributed by atoms with E-state index in [1.807, 2.05) is 20.8 Å². The summed E-state index contributed by atoms with van der Waals surface area (Å²) in [4.78, 5) is 11.5. The molecule has 0 aliphatic rings. The molecule has 0 aliphatic carbocycles. The molecular formula is C13H19NO3. The molecule has 0 bridgehead atoms. The summed E-state index contributed by atoms with van der Waals surface area (Å²) in [5.74, 6) is 0.421. The fraction of sp³-hybridized carbons (Fsp3) is 0.462. The summed E-state index contributed by atoms with van der Waals surface area (Å²) >= 11 is 0. The number of ether oxygens (including phenoxy) is 1. The quantitative estimate of drug-likeness (QED) is 0.831. The minimum Gasteiger partial charge on any atom is -0.410 e. The van der Waals surface area contributed by atoms with Crippen molar-refractivity contribution < 1.29 is 14.6 Å². The summed E-state index contributed by atoms with van der Waals surface area (Å²) in [5.41, 5.74) is 0.380. The molecule has 1 aromatic carbocycles. The van der Waals surface area contributed by atoms with Crippen LogP contribution in [0.5, 0.6) is 5.75 Å². The molecule has 0 saturated carbocycles. The van der Waals surface area contributed by atoms with E-state index >= 15 is 0 Å². The highest BCUT2D eigenvalue weighted by molar-refractivity contribution is 5.71. The molecule has 94 valence electrons. The average Bonchev–Trinajstić information content (AvgIpc) is 2.14. The second-order valence-corrected chi connectivity index (χ2v) is 5.01. The van der Waals surface area contributed by atoms with Crippen molar-refractivity contribution in [1.82, 2.24) is 5.32 Å². The first-order valence-corrected chi connectivity index (χ1v) is 5.56. The number of amides is 1. The molecule has 1 atom stereocenters. The van der Waals surface area contributed by atoms with Crippen LogP contribution in [0.2, 0.25) is 0 Å². The van der Waals surface area contributed by atoms with E-state index in [9.17, 15) is 9.90 Å². The van der Waals surface area contributed by atoms with Crippen molar-refractivity contribution in [3.05, 3.63) is 29.8 Å². The summed E-state index contributed by atoms with van der Waals surface area (Å²) in [7, 11) is 0. The van der Waals surface area contributed by atoms with Gasteiger partial charge in [-0.15, -0.1) is 0 Å². The number of aliphatic hydroxyl groups excluding tert-OH is 1. The molecule has 4 heteroatoms. The van der Waals surface area contributed by atoms with Crippen LogP contribution in [-0.4, -0.2) is 16.7 Å². The molecule has 1 aromatic rings. The van der Waals surface area contributed by atoms with Crippen molar-refractivity contribution >= 4 is 6.09 Å². The zero-order valence-electron chi connectivity index (χ0n) is 10.7. The molecule has 1 unspecified atom stereocenters. The molecular weight excluding hydrogens is 218 g/mol. The van der Waals surface area contributed by atoms with E-state index in [-0.39, 0.29) is 5.54 Å². The fourth-order valence-corrected chi connectivity index (χ4v) is 1.28. The zero-order valence-corrected chi connectivity index (χ0v) is 10.7. The molecule has 2 N–H and O–H groups in total. The molecule has 0 spiro atoms. The molecule has 0 heterocycles. The third kappa shape index (κ3) is 4.87. The third-order valence-electron chi connectivity index (χ3n) is 2.03. The van der Waals surface area contributed by atoms with E-state index < -0.39 is 12.2 Å². The van der Waals surface area contributed by atoms with Crippen LogP contribution in [0.1, 0.15) is 39.4 Å². The smallest absolute Gasteiger partial charge is 0.410 e. The van der Waals surface area contributed by atoms with E-state index in [2.05, 4.69) is 5.32 Å². The molecule has 0 saturated heterocycles. The number of benzene rings is 1. The number of nitrogens with one attached hydrogen (secondary N) is 1. The van der Waals surface area contributed by atoms with Crippen molar-refractivity contribution in [2.45, 2.75) is 39.3 Å². The van der Waals surface area contributed by atoms with Gasteiger partial charge in [0, 0.05) is 5.54 Å². The minimum atomic E-state index is -0.579. The van der Waals surface area contributed by atoms with E-state index in [4.69, 9.17) is 4.74 Å². The summed E-state index contributed by atoms with van der Waals surface area (Å²) < 4.78 is 5.12. The van der Waals surface area contributed by atoms with Crippen molar-refractivity contribution in [2.24, 2.45) is 0 Å². The number of carbonyl (C=O) groups excluding carboxylic acids is 1. The maximum absolute atomic E-state index is 11.5. The van der Waals surface area contributed by atoms with Gasteiger partial charge in [-0.3, -0.25) is 0 Å². The van der Waals surface area contributed by atoms with Crippen molar-refractivity contribution in [3.63, 3.8) is 0 Å². The minimum absolute atomic E-state index is 0.334. The maximum Gasteiger partial charge on any atom is 0.413 e. The molecule has 4 nitrogen and oxygen atoms in total. The van der Waals surface area contributed by atoms with E-state index in [1.165, 1.54) is 0 Å². The van der Waals surface area contributed by atoms with Crippen LogP contribution in [0.4, 0.5) is 4.79 Å². The Morgan fingerprint density at radius 1 is 1.41 bits per heavy atom. The average molecular weight is 237 g/mol. The highest BCUT2D eigenvalue weighted by Crippen LogP contribution is 2.19. The fourth-order valence-electron chi connectivity index (χ4n) is 1.28. The van der Waals surface area contributed by atoms with Crippen LogP contribution < -0.4 is 10.1 Å². The number of aliphatic hydroxyl groups is 1. The first-order chi connectivity index (χ1) is 7.78. The number of hydrogen-bond donors (Lipinski definition) is 2. The van der Waals surface area contributed by atoms with Crippen LogP contribution in [0.25, 0.3) is 0 Å². The van der Waals surface area contributed by atoms with Crippen molar-refractivity contribution in [2.75, 3.05) is 0 Å². The lowest BCUT2D eigenvalue weighted by Gasteiger charge is -2.20. The molecule has 0 fully saturated rings. The first-order valence-electron chi connectivity index (χ1n) is 5.56. The highest BCUT2D eigenvalue weighted by atomic mass is 16.6. The monoisotopic (exact) mass is 237 g/mol. The third-order valence-corrected chi connectivity index (χ3v) is 2.03. The Bertz CT molecular complexity index is 394. The lowest BCUT2D eigenvalue weighted by molar-refractivity contribution is 0.188. The van der Waals surface area contributed by atoms with E-state index in [1.54, 1.807) is 31.2 Å². The lowest BCUT2D eigenvalue weighted by atomic mass is 10.1. The molecule has 17 heavy (non-hydrogen) atoms. The largest absolute Gasteiger partial charge is 0.413 e. The summed E-state index contributed by atoms with van der Waals surface area (Å²) in [6.07, 6.45) is -1.08. The predicted molar refractivity (Wildman–Crippen MR) is 66.0 cm³/mol. The normalized spacial score (nSPS) is 13.0. The number of hydrogen-bond acceptors (Lipinski definition) is 3. The van der Waals surface area contributed by atoms with Gasteiger partial charge in [0.15, 0.2) is 0 Å². The van der Waals surface area contributed by atoms with Gasteiger partial charge < -0.3 is 15.2 Å². The van der Waals surface area contributed by atoms with Gasteiger partial charge in [0.05, 0.1) is 6.10 Å². The topological polar surface area (TPSA) is 58.6 Å². The Labute approximate surface area is 102 Å². The van der Waals surface area contributed by atoms with Crippen LogP contribution in [0.15, 0.2) is 24.3 Å². The van der Waals surface area contributed by atoms with Crippen LogP contribution >= 0.6 is 0 Å². The Hall–Kier alpha value is -1.55. The Morgan fingerprint density at radius 3 is 2.59 bits per heavy atom. The summed E-state index contributed by atoms with van der Waals surface area (Å²) in [6.45, 7) is 7.29. The second-order valence-electron chi connectivity index (χ2n) is 5.01. The molecule has 1 amide bonds. The number of rotatable bonds is 2. The van der Waals surface area contributed by atoms with Crippen LogP contribution in [0, 0.1) is 0 Å². The standard InChI is InChI=1S/C13H19NO3/c1-9(15)10-6-5-7-11(8-10)17-12(16)14-13(2,3)4/h5-9,15H,1-4H3,(H,14,16). The summed E-state index contributed by atoms with van der Waals surface area (Å²) in [5, 5.41) is 12.1. The van der Waals surface area contributed by atoms with Gasteiger partial charge in [0.2, 0.25) is 0 Å². The SMILES string of the molecule is CC(O)c1cccc(OC(=O)NC(C)(C)C)c1. The zero-order chi connectivity index (χ0) is 13.1. The van der Waals surface area contributed by atoms with Gasteiger partial charge in [0.25, 0.3) is 0 Å². The molecule has 1 rings (SSSR count). The van der Waals surface area contributed by atoms with Crippen LogP contribution in [0.3, 0.4) is 0 Å². The first kappa shape index (κ1) is 13.5. The Balaban J connectivity index is 2.69. The molecule has 0 aromatic heterocycles. The second kappa shape index (κ2) is 5.19. The Kier molecular flexibility index (Phi) is 4.12. The van der Waals surface area contributed by atoms with Gasteiger partial charge >= 0.3 is 6.09 Å².